The number of carbonyl (C=O) groups is 1. The topological polar surface area (TPSA) is 93.1 Å². The first-order valence-corrected chi connectivity index (χ1v) is 12.5. The van der Waals surface area contributed by atoms with E-state index in [4.69, 9.17) is 0 Å². The number of fused-ring (bicyclic) bond motifs is 1. The lowest BCUT2D eigenvalue weighted by molar-refractivity contribution is 0.0953. The number of benzene rings is 3. The molecule has 1 heterocycles. The molecule has 0 spiro atoms. The van der Waals surface area contributed by atoms with E-state index in [1.807, 2.05) is 30.7 Å². The van der Waals surface area contributed by atoms with Crippen molar-refractivity contribution in [3.05, 3.63) is 83.7 Å². The second kappa shape index (κ2) is 9.64. The number of amides is 1. The molecule has 3 aromatic carbocycles. The van der Waals surface area contributed by atoms with E-state index >= 15 is 0 Å². The standard InChI is InChI=1S/C25H25FN4O3S/c1-3-14-27-25(31)18-10-8-17(9-11-18)24-28-22-15-20(12-13-23(22)30(24)2)29-34(32,33)16-19-6-4-5-7-21(19)26/h4-13,15,29H,3,14,16H2,1-2H3,(H,27,31). The van der Waals surface area contributed by atoms with E-state index in [0.29, 0.717) is 29.1 Å². The van der Waals surface area contributed by atoms with Crippen molar-refractivity contribution in [2.24, 2.45) is 7.05 Å². The number of anilines is 1. The molecular formula is C25H25FN4O3S. The molecule has 9 heteroatoms. The van der Waals surface area contributed by atoms with Crippen LogP contribution in [0.4, 0.5) is 10.1 Å². The smallest absolute Gasteiger partial charge is 0.251 e. The van der Waals surface area contributed by atoms with E-state index in [1.54, 1.807) is 36.4 Å². The summed E-state index contributed by atoms with van der Waals surface area (Å²) in [6, 6.07) is 18.0. The molecule has 0 aliphatic rings. The number of rotatable bonds is 8. The zero-order chi connectivity index (χ0) is 24.3. The van der Waals surface area contributed by atoms with Gasteiger partial charge in [0.05, 0.1) is 22.5 Å². The monoisotopic (exact) mass is 480 g/mol. The lowest BCUT2D eigenvalue weighted by Crippen LogP contribution is -2.23. The number of aryl methyl sites for hydroxylation is 1. The number of halogens is 1. The van der Waals surface area contributed by atoms with Crippen LogP contribution in [0.2, 0.25) is 0 Å². The van der Waals surface area contributed by atoms with Crippen LogP contribution in [0.1, 0.15) is 29.3 Å². The van der Waals surface area contributed by atoms with Crippen LogP contribution >= 0.6 is 0 Å². The Morgan fingerprint density at radius 1 is 1.06 bits per heavy atom. The zero-order valence-corrected chi connectivity index (χ0v) is 19.7. The van der Waals surface area contributed by atoms with Gasteiger partial charge in [0.2, 0.25) is 10.0 Å². The molecule has 4 aromatic rings. The average Bonchev–Trinajstić information content (AvgIpc) is 3.14. The SMILES string of the molecule is CCCNC(=O)c1ccc(-c2nc3cc(NS(=O)(=O)Cc4ccccc4F)ccc3n2C)cc1. The summed E-state index contributed by atoms with van der Waals surface area (Å²) >= 11 is 0. The summed E-state index contributed by atoms with van der Waals surface area (Å²) in [5.74, 6) is -0.470. The fourth-order valence-corrected chi connectivity index (χ4v) is 4.87. The van der Waals surface area contributed by atoms with Gasteiger partial charge < -0.3 is 9.88 Å². The molecule has 0 unspecified atom stereocenters. The van der Waals surface area contributed by atoms with Gasteiger partial charge in [0.25, 0.3) is 5.91 Å². The second-order valence-electron chi connectivity index (χ2n) is 7.98. The Kier molecular flexibility index (Phi) is 6.65. The molecule has 34 heavy (non-hydrogen) atoms. The summed E-state index contributed by atoms with van der Waals surface area (Å²) in [5.41, 5.74) is 3.26. The second-order valence-corrected chi connectivity index (χ2v) is 9.71. The van der Waals surface area contributed by atoms with Gasteiger partial charge >= 0.3 is 0 Å². The van der Waals surface area contributed by atoms with E-state index in [2.05, 4.69) is 15.0 Å². The van der Waals surface area contributed by atoms with Crippen LogP contribution in [0, 0.1) is 5.82 Å². The van der Waals surface area contributed by atoms with Crippen molar-refractivity contribution in [2.45, 2.75) is 19.1 Å². The van der Waals surface area contributed by atoms with Crippen LogP contribution in [-0.2, 0) is 22.8 Å². The fourth-order valence-electron chi connectivity index (χ4n) is 3.67. The van der Waals surface area contributed by atoms with E-state index in [0.717, 1.165) is 17.5 Å². The minimum absolute atomic E-state index is 0.100. The van der Waals surface area contributed by atoms with Crippen molar-refractivity contribution >= 4 is 32.7 Å². The first-order valence-electron chi connectivity index (χ1n) is 10.9. The highest BCUT2D eigenvalue weighted by Crippen LogP contribution is 2.27. The molecule has 0 saturated heterocycles. The number of aromatic nitrogens is 2. The molecule has 1 amide bonds. The Balaban J connectivity index is 1.56. The summed E-state index contributed by atoms with van der Waals surface area (Å²) in [4.78, 5) is 16.8. The van der Waals surface area contributed by atoms with Crippen molar-refractivity contribution in [2.75, 3.05) is 11.3 Å². The van der Waals surface area contributed by atoms with E-state index in [1.165, 1.54) is 18.2 Å². The highest BCUT2D eigenvalue weighted by Gasteiger charge is 2.16. The number of carbonyl (C=O) groups excluding carboxylic acids is 1. The van der Waals surface area contributed by atoms with Crippen LogP contribution < -0.4 is 10.0 Å². The summed E-state index contributed by atoms with van der Waals surface area (Å²) in [7, 11) is -1.95. The van der Waals surface area contributed by atoms with E-state index < -0.39 is 21.6 Å². The van der Waals surface area contributed by atoms with Crippen LogP contribution in [-0.4, -0.2) is 30.4 Å². The van der Waals surface area contributed by atoms with E-state index in [9.17, 15) is 17.6 Å². The van der Waals surface area contributed by atoms with Crippen LogP contribution in [0.5, 0.6) is 0 Å². The Hall–Kier alpha value is -3.72. The van der Waals surface area contributed by atoms with Gasteiger partial charge in [0.15, 0.2) is 0 Å². The quantitative estimate of drug-likeness (QED) is 0.389. The normalized spacial score (nSPS) is 11.5. The lowest BCUT2D eigenvalue weighted by Gasteiger charge is -2.09. The summed E-state index contributed by atoms with van der Waals surface area (Å²) in [6.07, 6.45) is 0.866. The first-order chi connectivity index (χ1) is 16.3. The van der Waals surface area contributed by atoms with Gasteiger partial charge in [-0.25, -0.2) is 17.8 Å². The third kappa shape index (κ3) is 5.09. The number of sulfonamides is 1. The van der Waals surface area contributed by atoms with Gasteiger partial charge in [0.1, 0.15) is 11.6 Å². The maximum absolute atomic E-state index is 13.9. The predicted molar refractivity (Wildman–Crippen MR) is 131 cm³/mol. The fraction of sp³-hybridized carbons (Fsp3) is 0.200. The molecule has 0 aliphatic carbocycles. The summed E-state index contributed by atoms with van der Waals surface area (Å²) in [5, 5.41) is 2.85. The Morgan fingerprint density at radius 2 is 1.79 bits per heavy atom. The Bertz CT molecular complexity index is 1450. The van der Waals surface area contributed by atoms with Crippen molar-refractivity contribution in [3.8, 4) is 11.4 Å². The van der Waals surface area contributed by atoms with Crippen molar-refractivity contribution in [1.29, 1.82) is 0 Å². The third-order valence-corrected chi connectivity index (χ3v) is 6.64. The molecule has 0 saturated carbocycles. The minimum atomic E-state index is -3.82. The number of imidazole rings is 1. The van der Waals surface area contributed by atoms with Crippen LogP contribution in [0.25, 0.3) is 22.4 Å². The number of nitrogens with one attached hydrogen (secondary N) is 2. The van der Waals surface area contributed by atoms with Crippen LogP contribution in [0.3, 0.4) is 0 Å². The van der Waals surface area contributed by atoms with Gasteiger partial charge in [-0.3, -0.25) is 9.52 Å². The highest BCUT2D eigenvalue weighted by atomic mass is 32.2. The molecule has 0 fully saturated rings. The van der Waals surface area contributed by atoms with Gasteiger partial charge in [-0.1, -0.05) is 37.3 Å². The van der Waals surface area contributed by atoms with Crippen molar-refractivity contribution in [1.82, 2.24) is 14.9 Å². The molecule has 176 valence electrons. The number of nitrogens with zero attached hydrogens (tertiary/aromatic N) is 2. The van der Waals surface area contributed by atoms with Crippen molar-refractivity contribution < 1.29 is 17.6 Å². The highest BCUT2D eigenvalue weighted by molar-refractivity contribution is 7.91. The molecule has 1 aromatic heterocycles. The molecular weight excluding hydrogens is 455 g/mol. The maximum Gasteiger partial charge on any atom is 0.251 e. The first kappa shape index (κ1) is 23.4. The molecule has 0 radical (unpaired) electrons. The Morgan fingerprint density at radius 3 is 2.50 bits per heavy atom. The summed E-state index contributed by atoms with van der Waals surface area (Å²) in [6.45, 7) is 2.62. The lowest BCUT2D eigenvalue weighted by atomic mass is 10.1. The molecule has 7 nitrogen and oxygen atoms in total. The molecule has 4 rings (SSSR count). The maximum atomic E-state index is 13.9. The summed E-state index contributed by atoms with van der Waals surface area (Å²) < 4.78 is 43.4. The van der Waals surface area contributed by atoms with Gasteiger partial charge in [-0.15, -0.1) is 0 Å². The molecule has 2 N–H and O–H groups in total. The van der Waals surface area contributed by atoms with Gasteiger partial charge in [-0.2, -0.15) is 0 Å². The van der Waals surface area contributed by atoms with Crippen LogP contribution in [0.15, 0.2) is 66.7 Å². The molecule has 0 atom stereocenters. The van der Waals surface area contributed by atoms with Gasteiger partial charge in [-0.05, 0) is 42.8 Å². The van der Waals surface area contributed by atoms with Crippen molar-refractivity contribution in [3.63, 3.8) is 0 Å². The number of hydrogen-bond acceptors (Lipinski definition) is 4. The largest absolute Gasteiger partial charge is 0.352 e. The zero-order valence-electron chi connectivity index (χ0n) is 18.9. The molecule has 0 bridgehead atoms. The van der Waals surface area contributed by atoms with Gasteiger partial charge in [0, 0.05) is 30.3 Å². The predicted octanol–water partition coefficient (Wildman–Crippen LogP) is 4.46. The molecule has 0 aliphatic heterocycles. The average molecular weight is 481 g/mol. The third-order valence-electron chi connectivity index (χ3n) is 5.40. The van der Waals surface area contributed by atoms with E-state index in [-0.39, 0.29) is 11.5 Å². The number of hydrogen-bond donors (Lipinski definition) is 2. The Labute approximate surface area is 197 Å². The minimum Gasteiger partial charge on any atom is -0.352 e.